The van der Waals surface area contributed by atoms with Crippen LogP contribution in [0.15, 0.2) is 35.8 Å². The Kier molecular flexibility index (Phi) is 4.41. The molecule has 1 N–H and O–H groups in total. The van der Waals surface area contributed by atoms with Gasteiger partial charge in [0.25, 0.3) is 5.56 Å². The minimum atomic E-state index is -0.928. The molecule has 0 aliphatic heterocycles. The zero-order valence-corrected chi connectivity index (χ0v) is 14.2. The molecule has 0 spiro atoms. The van der Waals surface area contributed by atoms with Crippen LogP contribution in [0.4, 0.5) is 4.39 Å². The molecule has 0 aliphatic carbocycles. The molecule has 3 aromatic heterocycles. The van der Waals surface area contributed by atoms with Crippen LogP contribution in [0.3, 0.4) is 0 Å². The molecule has 0 saturated heterocycles. The molecular weight excluding hydrogens is 345 g/mol. The van der Waals surface area contributed by atoms with Crippen LogP contribution in [-0.4, -0.2) is 30.5 Å². The number of H-pyrrole nitrogens is 1. The number of nitrogens with zero attached hydrogens (tertiary/aromatic N) is 4. The second-order valence-electron chi connectivity index (χ2n) is 5.75. The molecule has 0 amide bonds. The van der Waals surface area contributed by atoms with Crippen LogP contribution in [0, 0.1) is 5.95 Å². The average molecular weight is 359 g/mol. The normalized spacial score (nSPS) is 13.4. The summed E-state index contributed by atoms with van der Waals surface area (Å²) in [7, 11) is 0. The van der Waals surface area contributed by atoms with Crippen LogP contribution >= 0.6 is 11.3 Å². The molecule has 128 valence electrons. The summed E-state index contributed by atoms with van der Waals surface area (Å²) in [6, 6.07) is 2.73. The average Bonchev–Trinajstić information content (AvgIpc) is 3.21. The van der Waals surface area contributed by atoms with Gasteiger partial charge in [-0.2, -0.15) is 9.49 Å². The number of pyridine rings is 1. The third kappa shape index (κ3) is 3.61. The summed E-state index contributed by atoms with van der Waals surface area (Å²) in [5.74, 6) is -0.822. The van der Waals surface area contributed by atoms with Crippen molar-refractivity contribution in [2.75, 3.05) is 0 Å². The highest BCUT2D eigenvalue weighted by atomic mass is 32.1. The molecule has 3 rings (SSSR count). The minimum absolute atomic E-state index is 0.231. The Morgan fingerprint density at radius 2 is 2.20 bits per heavy atom. The first-order chi connectivity index (χ1) is 11.9. The van der Waals surface area contributed by atoms with Crippen LogP contribution in [0.25, 0.3) is 12.2 Å². The first-order valence-electron chi connectivity index (χ1n) is 7.30. The molecule has 0 radical (unpaired) electrons. The maximum atomic E-state index is 12.8. The Labute approximate surface area is 145 Å². The molecule has 9 heteroatoms. The number of aromatic nitrogens is 5. The summed E-state index contributed by atoms with van der Waals surface area (Å²) in [5, 5.41) is 3.99. The van der Waals surface area contributed by atoms with Crippen molar-refractivity contribution < 1.29 is 9.18 Å². The van der Waals surface area contributed by atoms with Gasteiger partial charge in [0, 0.05) is 12.3 Å². The van der Waals surface area contributed by atoms with Crippen molar-refractivity contribution in [3.05, 3.63) is 62.0 Å². The largest absolute Gasteiger partial charge is 0.313 e. The standard InChI is InChI=1S/C16H14FN5O2S/c1-16(2,22-9-18-8-20-22)12(23)6-14-21-15(24)11(25-14)5-10-3-4-13(17)19-7-10/h3-9H,1-2H3,(H,21,24)/b11-5-,14-6+. The first-order valence-corrected chi connectivity index (χ1v) is 8.11. The van der Waals surface area contributed by atoms with Gasteiger partial charge in [-0.25, -0.2) is 14.6 Å². The van der Waals surface area contributed by atoms with Gasteiger partial charge in [0.1, 0.15) is 18.2 Å². The lowest BCUT2D eigenvalue weighted by Crippen LogP contribution is -2.36. The number of carbonyl (C=O) groups is 1. The zero-order chi connectivity index (χ0) is 18.0. The predicted octanol–water partition coefficient (Wildman–Crippen LogP) is 0.176. The van der Waals surface area contributed by atoms with Crippen LogP contribution in [0.1, 0.15) is 19.4 Å². The van der Waals surface area contributed by atoms with E-state index < -0.39 is 11.5 Å². The number of hydrogen-bond donors (Lipinski definition) is 1. The van der Waals surface area contributed by atoms with Crippen molar-refractivity contribution >= 4 is 29.3 Å². The molecule has 0 fully saturated rings. The molecule has 7 nitrogen and oxygen atoms in total. The lowest BCUT2D eigenvalue weighted by molar-refractivity contribution is -0.120. The summed E-state index contributed by atoms with van der Waals surface area (Å²) >= 11 is 1.13. The molecule has 0 unspecified atom stereocenters. The summed E-state index contributed by atoms with van der Waals surface area (Å²) in [6.07, 6.45) is 7.10. The second-order valence-corrected chi connectivity index (χ2v) is 6.83. The van der Waals surface area contributed by atoms with E-state index in [1.165, 1.54) is 41.7 Å². The molecule has 3 heterocycles. The Morgan fingerprint density at radius 1 is 1.40 bits per heavy atom. The Morgan fingerprint density at radius 3 is 2.84 bits per heavy atom. The quantitative estimate of drug-likeness (QED) is 0.671. The van der Waals surface area contributed by atoms with E-state index in [0.29, 0.717) is 14.8 Å². The van der Waals surface area contributed by atoms with E-state index in [4.69, 9.17) is 0 Å². The molecule has 3 aromatic rings. The SMILES string of the molecule is CC(C)(C(=O)/C=c1\[nH]c(=O)/c(=C/c2ccc(F)nc2)s1)n1cncn1. The van der Waals surface area contributed by atoms with Crippen molar-refractivity contribution in [2.45, 2.75) is 19.4 Å². The number of nitrogens with one attached hydrogen (secondary N) is 1. The second kappa shape index (κ2) is 6.52. The number of thiazole rings is 1. The minimum Gasteiger partial charge on any atom is -0.313 e. The van der Waals surface area contributed by atoms with E-state index in [2.05, 4.69) is 20.1 Å². The van der Waals surface area contributed by atoms with Crippen molar-refractivity contribution in [1.29, 1.82) is 0 Å². The van der Waals surface area contributed by atoms with Crippen molar-refractivity contribution in [3.63, 3.8) is 0 Å². The number of rotatable bonds is 4. The highest BCUT2D eigenvalue weighted by molar-refractivity contribution is 7.07. The van der Waals surface area contributed by atoms with Crippen LogP contribution in [0.2, 0.25) is 0 Å². The number of ketones is 1. The Balaban J connectivity index is 1.97. The number of aromatic amines is 1. The first kappa shape index (κ1) is 16.9. The van der Waals surface area contributed by atoms with E-state index in [9.17, 15) is 14.0 Å². The maximum absolute atomic E-state index is 12.8. The molecule has 0 aromatic carbocycles. The third-order valence-electron chi connectivity index (χ3n) is 3.59. The third-order valence-corrected chi connectivity index (χ3v) is 4.55. The number of halogens is 1. The summed E-state index contributed by atoms with van der Waals surface area (Å²) in [5.41, 5.74) is -0.663. The fourth-order valence-electron chi connectivity index (χ4n) is 2.05. The van der Waals surface area contributed by atoms with Crippen molar-refractivity contribution in [3.8, 4) is 0 Å². The van der Waals surface area contributed by atoms with E-state index in [0.717, 1.165) is 11.3 Å². The van der Waals surface area contributed by atoms with Gasteiger partial charge in [-0.15, -0.1) is 11.3 Å². The lowest BCUT2D eigenvalue weighted by Gasteiger charge is -2.20. The topological polar surface area (TPSA) is 93.5 Å². The number of Topliss-reactive ketones (excluding diaryl/α,β-unsaturated/α-hetero) is 1. The summed E-state index contributed by atoms with van der Waals surface area (Å²) < 4.78 is 15.1. The molecule has 0 saturated carbocycles. The fourth-order valence-corrected chi connectivity index (χ4v) is 2.94. The van der Waals surface area contributed by atoms with E-state index in [1.807, 2.05) is 0 Å². The Hall–Kier alpha value is -2.94. The zero-order valence-electron chi connectivity index (χ0n) is 13.4. The number of hydrogen-bond acceptors (Lipinski definition) is 6. The van der Waals surface area contributed by atoms with Crippen LogP contribution in [-0.2, 0) is 10.3 Å². The number of carbonyl (C=O) groups excluding carboxylic acids is 1. The van der Waals surface area contributed by atoms with E-state index >= 15 is 0 Å². The predicted molar refractivity (Wildman–Crippen MR) is 90.8 cm³/mol. The molecule has 0 aliphatic rings. The van der Waals surface area contributed by atoms with Gasteiger partial charge >= 0.3 is 0 Å². The maximum Gasteiger partial charge on any atom is 0.266 e. The van der Waals surface area contributed by atoms with E-state index in [1.54, 1.807) is 19.9 Å². The van der Waals surface area contributed by atoms with Gasteiger partial charge in [-0.05, 0) is 37.6 Å². The Bertz CT molecular complexity index is 1070. The molecular formula is C16H14FN5O2S. The van der Waals surface area contributed by atoms with Crippen molar-refractivity contribution in [1.82, 2.24) is 24.7 Å². The fraction of sp³-hybridized carbons (Fsp3) is 0.188. The monoisotopic (exact) mass is 359 g/mol. The molecule has 0 bridgehead atoms. The van der Waals surface area contributed by atoms with Crippen LogP contribution in [0.5, 0.6) is 0 Å². The summed E-state index contributed by atoms with van der Waals surface area (Å²) in [6.45, 7) is 3.42. The van der Waals surface area contributed by atoms with Crippen LogP contribution < -0.4 is 14.8 Å². The highest BCUT2D eigenvalue weighted by Crippen LogP contribution is 2.14. The van der Waals surface area contributed by atoms with Gasteiger partial charge in [0.15, 0.2) is 5.78 Å². The van der Waals surface area contributed by atoms with Gasteiger partial charge < -0.3 is 4.98 Å². The van der Waals surface area contributed by atoms with Gasteiger partial charge in [-0.3, -0.25) is 9.59 Å². The van der Waals surface area contributed by atoms with Gasteiger partial charge in [0.2, 0.25) is 5.95 Å². The van der Waals surface area contributed by atoms with Crippen molar-refractivity contribution in [2.24, 2.45) is 0 Å². The van der Waals surface area contributed by atoms with E-state index in [-0.39, 0.29) is 11.3 Å². The van der Waals surface area contributed by atoms with Gasteiger partial charge in [0.05, 0.1) is 9.20 Å². The lowest BCUT2D eigenvalue weighted by atomic mass is 10.00. The smallest absolute Gasteiger partial charge is 0.266 e. The molecule has 0 atom stereocenters. The molecule has 25 heavy (non-hydrogen) atoms. The summed E-state index contributed by atoms with van der Waals surface area (Å²) in [4.78, 5) is 34.6. The highest BCUT2D eigenvalue weighted by Gasteiger charge is 2.28. The van der Waals surface area contributed by atoms with Gasteiger partial charge in [-0.1, -0.05) is 0 Å².